The Kier molecular flexibility index (Phi) is 6.15. The largest absolute Gasteiger partial charge is 0.481 e. The van der Waals surface area contributed by atoms with Crippen LogP contribution in [0.2, 0.25) is 0 Å². The molecule has 0 heterocycles. The highest BCUT2D eigenvalue weighted by molar-refractivity contribution is 5.83. The molecule has 0 saturated heterocycles. The van der Waals surface area contributed by atoms with Gasteiger partial charge in [-0.1, -0.05) is 12.2 Å². The maximum Gasteiger partial charge on any atom is 0.313 e. The Morgan fingerprint density at radius 3 is 2.12 bits per heavy atom. The SMILES string of the molecule is C=CCC(CC=C)(CC(=O)O)C(=O)OCC. The predicted octanol–water partition coefficient (Wildman–Crippen LogP) is 2.16. The van der Waals surface area contributed by atoms with E-state index in [1.165, 1.54) is 12.2 Å². The maximum atomic E-state index is 11.8. The first-order valence-electron chi connectivity index (χ1n) is 5.13. The summed E-state index contributed by atoms with van der Waals surface area (Å²) in [5, 5.41) is 8.84. The zero-order chi connectivity index (χ0) is 12.6. The van der Waals surface area contributed by atoms with E-state index >= 15 is 0 Å². The molecule has 0 saturated carbocycles. The summed E-state index contributed by atoms with van der Waals surface area (Å²) in [5.41, 5.74) is -1.06. The highest BCUT2D eigenvalue weighted by Crippen LogP contribution is 2.33. The van der Waals surface area contributed by atoms with Crippen LogP contribution in [0.1, 0.15) is 26.2 Å². The van der Waals surface area contributed by atoms with Crippen LogP contribution in [0, 0.1) is 5.41 Å². The van der Waals surface area contributed by atoms with Gasteiger partial charge < -0.3 is 9.84 Å². The summed E-state index contributed by atoms with van der Waals surface area (Å²) in [7, 11) is 0. The first-order valence-corrected chi connectivity index (χ1v) is 5.13. The van der Waals surface area contributed by atoms with E-state index < -0.39 is 17.4 Å². The van der Waals surface area contributed by atoms with Gasteiger partial charge in [0.2, 0.25) is 0 Å². The molecule has 0 radical (unpaired) electrons. The molecule has 0 aromatic carbocycles. The van der Waals surface area contributed by atoms with Gasteiger partial charge >= 0.3 is 11.9 Å². The Balaban J connectivity index is 5.04. The van der Waals surface area contributed by atoms with E-state index in [2.05, 4.69) is 13.2 Å². The molecule has 0 aromatic heterocycles. The Morgan fingerprint density at radius 2 is 1.81 bits per heavy atom. The third-order valence-corrected chi connectivity index (χ3v) is 2.27. The van der Waals surface area contributed by atoms with Crippen molar-refractivity contribution < 1.29 is 19.4 Å². The fraction of sp³-hybridized carbons (Fsp3) is 0.500. The summed E-state index contributed by atoms with van der Waals surface area (Å²) in [6, 6.07) is 0. The normalized spacial score (nSPS) is 10.6. The molecule has 0 atom stereocenters. The lowest BCUT2D eigenvalue weighted by atomic mass is 9.78. The van der Waals surface area contributed by atoms with Gasteiger partial charge in [-0.15, -0.1) is 13.2 Å². The van der Waals surface area contributed by atoms with Crippen molar-refractivity contribution in [2.24, 2.45) is 5.41 Å². The number of carboxylic acids is 1. The zero-order valence-electron chi connectivity index (χ0n) is 9.57. The third-order valence-electron chi connectivity index (χ3n) is 2.27. The summed E-state index contributed by atoms with van der Waals surface area (Å²) in [5.74, 6) is -1.53. The van der Waals surface area contributed by atoms with Gasteiger partial charge in [0.25, 0.3) is 0 Å². The fourth-order valence-electron chi connectivity index (χ4n) is 1.59. The number of carbonyl (C=O) groups is 2. The van der Waals surface area contributed by atoms with Crippen LogP contribution < -0.4 is 0 Å². The van der Waals surface area contributed by atoms with Crippen LogP contribution in [0.25, 0.3) is 0 Å². The van der Waals surface area contributed by atoms with Crippen molar-refractivity contribution in [1.82, 2.24) is 0 Å². The fourth-order valence-corrected chi connectivity index (χ4v) is 1.59. The number of ether oxygens (including phenoxy) is 1. The molecule has 0 spiro atoms. The van der Waals surface area contributed by atoms with Crippen molar-refractivity contribution in [3.63, 3.8) is 0 Å². The Hall–Kier alpha value is -1.58. The van der Waals surface area contributed by atoms with Gasteiger partial charge in [-0.3, -0.25) is 9.59 Å². The maximum absolute atomic E-state index is 11.8. The molecule has 90 valence electrons. The van der Waals surface area contributed by atoms with Gasteiger partial charge in [0.15, 0.2) is 0 Å². The number of carbonyl (C=O) groups excluding carboxylic acids is 1. The van der Waals surface area contributed by atoms with Crippen LogP contribution >= 0.6 is 0 Å². The van der Waals surface area contributed by atoms with E-state index in [0.717, 1.165) is 0 Å². The molecule has 0 aliphatic heterocycles. The molecule has 0 fully saturated rings. The van der Waals surface area contributed by atoms with Crippen LogP contribution in [0.3, 0.4) is 0 Å². The van der Waals surface area contributed by atoms with Crippen molar-refractivity contribution in [2.75, 3.05) is 6.61 Å². The zero-order valence-corrected chi connectivity index (χ0v) is 9.57. The van der Waals surface area contributed by atoms with Crippen LogP contribution in [0.15, 0.2) is 25.3 Å². The second-order valence-electron chi connectivity index (χ2n) is 3.56. The van der Waals surface area contributed by atoms with E-state index in [9.17, 15) is 9.59 Å². The Labute approximate surface area is 95.6 Å². The minimum atomic E-state index is -1.06. The Morgan fingerprint density at radius 1 is 1.31 bits per heavy atom. The number of rotatable bonds is 8. The van der Waals surface area contributed by atoms with E-state index in [-0.39, 0.29) is 25.9 Å². The number of hydrogen-bond donors (Lipinski definition) is 1. The second-order valence-corrected chi connectivity index (χ2v) is 3.56. The van der Waals surface area contributed by atoms with Crippen LogP contribution in [0.5, 0.6) is 0 Å². The number of aliphatic carboxylic acids is 1. The summed E-state index contributed by atoms with van der Waals surface area (Å²) in [6.45, 7) is 9.00. The second kappa shape index (κ2) is 6.82. The monoisotopic (exact) mass is 226 g/mol. The standard InChI is InChI=1S/C12H18O4/c1-4-7-12(8-5-2,9-10(13)14)11(15)16-6-3/h4-5H,1-2,6-9H2,3H3,(H,13,14). The number of carboxylic acid groups (broad SMARTS) is 1. The lowest BCUT2D eigenvalue weighted by molar-refractivity contribution is -0.160. The van der Waals surface area contributed by atoms with Gasteiger partial charge in [0.1, 0.15) is 0 Å². The van der Waals surface area contributed by atoms with Gasteiger partial charge in [-0.05, 0) is 19.8 Å². The van der Waals surface area contributed by atoms with Gasteiger partial charge in [0, 0.05) is 0 Å². The molecule has 0 aliphatic rings. The van der Waals surface area contributed by atoms with Crippen LogP contribution in [-0.2, 0) is 14.3 Å². The first-order chi connectivity index (χ1) is 7.52. The van der Waals surface area contributed by atoms with Crippen molar-refractivity contribution in [1.29, 1.82) is 0 Å². The molecule has 4 nitrogen and oxygen atoms in total. The highest BCUT2D eigenvalue weighted by Gasteiger charge is 2.39. The van der Waals surface area contributed by atoms with E-state index in [4.69, 9.17) is 9.84 Å². The smallest absolute Gasteiger partial charge is 0.313 e. The Bertz CT molecular complexity index is 271. The highest BCUT2D eigenvalue weighted by atomic mass is 16.5. The van der Waals surface area contributed by atoms with E-state index in [1.54, 1.807) is 6.92 Å². The molecule has 16 heavy (non-hydrogen) atoms. The summed E-state index contributed by atoms with van der Waals surface area (Å²) in [6.07, 6.45) is 3.32. The minimum Gasteiger partial charge on any atom is -0.481 e. The van der Waals surface area contributed by atoms with Crippen LogP contribution in [-0.4, -0.2) is 23.7 Å². The average molecular weight is 226 g/mol. The number of hydrogen-bond acceptors (Lipinski definition) is 3. The lowest BCUT2D eigenvalue weighted by Gasteiger charge is -2.27. The molecular formula is C12H18O4. The van der Waals surface area contributed by atoms with Crippen molar-refractivity contribution in [2.45, 2.75) is 26.2 Å². The number of esters is 1. The first kappa shape index (κ1) is 14.4. The van der Waals surface area contributed by atoms with E-state index in [1.807, 2.05) is 0 Å². The molecule has 0 aromatic rings. The lowest BCUT2D eigenvalue weighted by Crippen LogP contribution is -2.34. The van der Waals surface area contributed by atoms with Gasteiger partial charge in [-0.2, -0.15) is 0 Å². The van der Waals surface area contributed by atoms with E-state index in [0.29, 0.717) is 0 Å². The summed E-state index contributed by atoms with van der Waals surface area (Å²) < 4.78 is 4.92. The molecule has 4 heteroatoms. The summed E-state index contributed by atoms with van der Waals surface area (Å²) in [4.78, 5) is 22.6. The van der Waals surface area contributed by atoms with Crippen molar-refractivity contribution in [3.05, 3.63) is 25.3 Å². The third kappa shape index (κ3) is 3.88. The molecule has 0 aliphatic carbocycles. The van der Waals surface area contributed by atoms with Crippen LogP contribution in [0.4, 0.5) is 0 Å². The van der Waals surface area contributed by atoms with Gasteiger partial charge in [-0.25, -0.2) is 0 Å². The molecule has 1 N–H and O–H groups in total. The molecule has 0 rings (SSSR count). The average Bonchev–Trinajstić information content (AvgIpc) is 2.17. The predicted molar refractivity (Wildman–Crippen MR) is 60.9 cm³/mol. The summed E-state index contributed by atoms with van der Waals surface area (Å²) >= 11 is 0. The topological polar surface area (TPSA) is 63.6 Å². The van der Waals surface area contributed by atoms with Crippen molar-refractivity contribution >= 4 is 11.9 Å². The molecule has 0 amide bonds. The number of allylic oxidation sites excluding steroid dienone is 2. The molecule has 0 bridgehead atoms. The van der Waals surface area contributed by atoms with Crippen molar-refractivity contribution in [3.8, 4) is 0 Å². The molecule has 0 unspecified atom stereocenters. The minimum absolute atomic E-state index is 0.231. The quantitative estimate of drug-likeness (QED) is 0.509. The van der Waals surface area contributed by atoms with Gasteiger partial charge in [0.05, 0.1) is 18.4 Å². The molecular weight excluding hydrogens is 208 g/mol.